The van der Waals surface area contributed by atoms with Crippen LogP contribution in [0.15, 0.2) is 24.6 Å². The molecule has 0 atom stereocenters. The topological polar surface area (TPSA) is 93.1 Å². The summed E-state index contributed by atoms with van der Waals surface area (Å²) >= 11 is 0. The number of hydrogen-bond donors (Lipinski definition) is 2. The minimum Gasteiger partial charge on any atom is -0.516 e. The van der Waals surface area contributed by atoms with E-state index >= 15 is 0 Å². The molecule has 0 aliphatic rings. The van der Waals surface area contributed by atoms with Crippen LogP contribution in [0.3, 0.4) is 0 Å². The van der Waals surface area contributed by atoms with Crippen molar-refractivity contribution < 1.29 is 5.11 Å². The van der Waals surface area contributed by atoms with Gasteiger partial charge in [-0.3, -0.25) is 0 Å². The molecule has 7 heteroatoms. The minimum absolute atomic E-state index is 0.206. The summed E-state index contributed by atoms with van der Waals surface area (Å²) < 4.78 is 1.71. The Morgan fingerprint density at radius 3 is 2.80 bits per heavy atom. The van der Waals surface area contributed by atoms with Crippen LogP contribution in [0.4, 0.5) is 11.8 Å². The molecule has 2 rings (SSSR count). The molecule has 2 heterocycles. The molecule has 20 heavy (non-hydrogen) atoms. The molecule has 0 aromatic carbocycles. The van der Waals surface area contributed by atoms with E-state index in [0.717, 1.165) is 23.3 Å². The fourth-order valence-corrected chi connectivity index (χ4v) is 1.83. The van der Waals surface area contributed by atoms with Gasteiger partial charge in [-0.15, -0.1) is 0 Å². The highest BCUT2D eigenvalue weighted by Crippen LogP contribution is 2.17. The van der Waals surface area contributed by atoms with Crippen LogP contribution in [-0.4, -0.2) is 39.0 Å². The fraction of sp³-hybridized carbons (Fsp3) is 0.308. The predicted octanol–water partition coefficient (Wildman–Crippen LogP) is 1.23. The van der Waals surface area contributed by atoms with Gasteiger partial charge >= 0.3 is 0 Å². The van der Waals surface area contributed by atoms with Crippen LogP contribution in [0.2, 0.25) is 0 Å². The average molecular weight is 274 g/mol. The van der Waals surface area contributed by atoms with Crippen molar-refractivity contribution in [2.75, 3.05) is 24.7 Å². The summed E-state index contributed by atoms with van der Waals surface area (Å²) in [4.78, 5) is 10.2. The van der Waals surface area contributed by atoms with Crippen molar-refractivity contribution in [1.82, 2.24) is 19.7 Å². The van der Waals surface area contributed by atoms with Gasteiger partial charge in [-0.05, 0) is 25.0 Å². The van der Waals surface area contributed by atoms with Gasteiger partial charge in [0.25, 0.3) is 0 Å². The van der Waals surface area contributed by atoms with Crippen molar-refractivity contribution in [3.63, 3.8) is 0 Å². The molecule has 0 saturated carbocycles. The number of nitrogen functional groups attached to an aromatic ring is 1. The molecule has 0 saturated heterocycles. The number of allylic oxidation sites excluding steroid dienone is 1. The maximum absolute atomic E-state index is 8.73. The minimum atomic E-state index is 0.206. The first kappa shape index (κ1) is 13.9. The van der Waals surface area contributed by atoms with E-state index in [4.69, 9.17) is 10.8 Å². The highest BCUT2D eigenvalue weighted by Gasteiger charge is 2.11. The third-order valence-electron chi connectivity index (χ3n) is 2.95. The van der Waals surface area contributed by atoms with E-state index in [2.05, 4.69) is 15.1 Å². The smallest absolute Gasteiger partial charge is 0.224 e. The Balaban J connectivity index is 2.44. The van der Waals surface area contributed by atoms with Crippen LogP contribution in [0.1, 0.15) is 11.3 Å². The number of anilines is 2. The molecule has 0 fully saturated rings. The van der Waals surface area contributed by atoms with Crippen LogP contribution in [0.5, 0.6) is 0 Å². The number of aliphatic hydroxyl groups is 1. The standard InChI is InChI=1S/C13H18N6O/c1-9-10(5-4-6-20)8-15-19(9)12-7-11(18(2)3)16-13(14)17-12/h4,6-8,20H,5H2,1-3H3,(H2,14,16,17)/b6-4+. The van der Waals surface area contributed by atoms with E-state index in [1.54, 1.807) is 17.0 Å². The van der Waals surface area contributed by atoms with Crippen LogP contribution < -0.4 is 10.6 Å². The van der Waals surface area contributed by atoms with E-state index in [1.165, 1.54) is 0 Å². The normalized spacial score (nSPS) is 11.2. The molecular weight excluding hydrogens is 256 g/mol. The molecule has 2 aromatic rings. The van der Waals surface area contributed by atoms with Gasteiger partial charge in [-0.2, -0.15) is 15.1 Å². The second kappa shape index (κ2) is 5.60. The number of hydrogen-bond acceptors (Lipinski definition) is 6. The quantitative estimate of drug-likeness (QED) is 0.815. The Labute approximate surface area is 117 Å². The fourth-order valence-electron chi connectivity index (χ4n) is 1.83. The van der Waals surface area contributed by atoms with Crippen molar-refractivity contribution in [3.8, 4) is 5.82 Å². The van der Waals surface area contributed by atoms with Crippen molar-refractivity contribution in [1.29, 1.82) is 0 Å². The summed E-state index contributed by atoms with van der Waals surface area (Å²) in [5.74, 6) is 1.55. The lowest BCUT2D eigenvalue weighted by molar-refractivity contribution is 0.471. The van der Waals surface area contributed by atoms with E-state index in [-0.39, 0.29) is 5.95 Å². The zero-order valence-electron chi connectivity index (χ0n) is 11.8. The van der Waals surface area contributed by atoms with Crippen LogP contribution in [-0.2, 0) is 6.42 Å². The Morgan fingerprint density at radius 2 is 2.15 bits per heavy atom. The van der Waals surface area contributed by atoms with E-state index in [9.17, 15) is 0 Å². The van der Waals surface area contributed by atoms with Crippen molar-refractivity contribution in [3.05, 3.63) is 35.9 Å². The van der Waals surface area contributed by atoms with E-state index in [1.807, 2.05) is 32.0 Å². The zero-order valence-corrected chi connectivity index (χ0v) is 11.8. The second-order valence-corrected chi connectivity index (χ2v) is 4.59. The van der Waals surface area contributed by atoms with Gasteiger partial charge in [0.05, 0.1) is 12.5 Å². The molecule has 0 bridgehead atoms. The third-order valence-corrected chi connectivity index (χ3v) is 2.95. The maximum Gasteiger partial charge on any atom is 0.224 e. The molecule has 0 aliphatic carbocycles. The molecular formula is C13H18N6O. The van der Waals surface area contributed by atoms with Gasteiger partial charge in [-0.25, -0.2) is 4.68 Å². The summed E-state index contributed by atoms with van der Waals surface area (Å²) in [7, 11) is 3.78. The molecule has 2 aromatic heterocycles. The van der Waals surface area contributed by atoms with Crippen LogP contribution >= 0.6 is 0 Å². The monoisotopic (exact) mass is 274 g/mol. The van der Waals surface area contributed by atoms with Crippen LogP contribution in [0.25, 0.3) is 5.82 Å². The second-order valence-electron chi connectivity index (χ2n) is 4.59. The molecule has 3 N–H and O–H groups in total. The lowest BCUT2D eigenvalue weighted by Gasteiger charge is -2.13. The maximum atomic E-state index is 8.73. The molecule has 7 nitrogen and oxygen atoms in total. The summed E-state index contributed by atoms with van der Waals surface area (Å²) in [5, 5.41) is 13.0. The lowest BCUT2D eigenvalue weighted by Crippen LogP contribution is -2.14. The third kappa shape index (κ3) is 2.71. The largest absolute Gasteiger partial charge is 0.516 e. The van der Waals surface area contributed by atoms with Crippen molar-refractivity contribution >= 4 is 11.8 Å². The van der Waals surface area contributed by atoms with Gasteiger partial charge in [-0.1, -0.05) is 0 Å². The number of aliphatic hydroxyl groups excluding tert-OH is 1. The molecule has 0 spiro atoms. The Kier molecular flexibility index (Phi) is 3.88. The van der Waals surface area contributed by atoms with E-state index in [0.29, 0.717) is 12.2 Å². The van der Waals surface area contributed by atoms with Gasteiger partial charge < -0.3 is 15.7 Å². The SMILES string of the molecule is Cc1c(C/C=C/O)cnn1-c1cc(N(C)C)nc(N)n1. The summed E-state index contributed by atoms with van der Waals surface area (Å²) in [6, 6.07) is 1.82. The molecule has 0 aliphatic heterocycles. The van der Waals surface area contributed by atoms with Crippen molar-refractivity contribution in [2.45, 2.75) is 13.3 Å². The average Bonchev–Trinajstić information content (AvgIpc) is 2.77. The number of nitrogens with zero attached hydrogens (tertiary/aromatic N) is 5. The molecule has 106 valence electrons. The molecule has 0 radical (unpaired) electrons. The summed E-state index contributed by atoms with van der Waals surface area (Å²) in [5.41, 5.74) is 7.70. The number of aromatic nitrogens is 4. The van der Waals surface area contributed by atoms with Gasteiger partial charge in [0.1, 0.15) is 5.82 Å². The Morgan fingerprint density at radius 1 is 1.40 bits per heavy atom. The molecule has 0 amide bonds. The number of nitrogens with two attached hydrogens (primary N) is 1. The first-order valence-corrected chi connectivity index (χ1v) is 6.18. The highest BCUT2D eigenvalue weighted by molar-refractivity contribution is 5.47. The van der Waals surface area contributed by atoms with Crippen molar-refractivity contribution in [2.24, 2.45) is 0 Å². The van der Waals surface area contributed by atoms with Gasteiger partial charge in [0, 0.05) is 25.9 Å². The lowest BCUT2D eigenvalue weighted by atomic mass is 10.2. The first-order chi connectivity index (χ1) is 9.52. The zero-order chi connectivity index (χ0) is 14.7. The van der Waals surface area contributed by atoms with E-state index < -0.39 is 0 Å². The van der Waals surface area contributed by atoms with Gasteiger partial charge in [0.15, 0.2) is 5.82 Å². The highest BCUT2D eigenvalue weighted by atomic mass is 16.2. The van der Waals surface area contributed by atoms with Gasteiger partial charge in [0.2, 0.25) is 5.95 Å². The van der Waals surface area contributed by atoms with Crippen LogP contribution in [0, 0.1) is 6.92 Å². The predicted molar refractivity (Wildman–Crippen MR) is 78.1 cm³/mol. The first-order valence-electron chi connectivity index (χ1n) is 6.18. The Hall–Kier alpha value is -2.57. The summed E-state index contributed by atoms with van der Waals surface area (Å²) in [6.45, 7) is 1.95. The summed E-state index contributed by atoms with van der Waals surface area (Å²) in [6.07, 6.45) is 5.06. The molecule has 0 unspecified atom stereocenters. The number of rotatable bonds is 4. The Bertz CT molecular complexity index is 632.